The van der Waals surface area contributed by atoms with Gasteiger partial charge in [0.25, 0.3) is 0 Å². The van der Waals surface area contributed by atoms with Crippen molar-refractivity contribution in [2.24, 2.45) is 0 Å². The first kappa shape index (κ1) is 33.1. The van der Waals surface area contributed by atoms with Crippen LogP contribution >= 0.6 is 0 Å². The Morgan fingerprint density at radius 1 is 0.386 bits per heavy atom. The second kappa shape index (κ2) is 12.9. The van der Waals surface area contributed by atoms with Gasteiger partial charge in [-0.15, -0.1) is 0 Å². The van der Waals surface area contributed by atoms with Crippen LogP contribution in [0.4, 0.5) is 0 Å². The van der Waals surface area contributed by atoms with Crippen LogP contribution in [-0.2, 0) is 5.41 Å². The predicted octanol–water partition coefficient (Wildman–Crippen LogP) is 14.2. The average Bonchev–Trinajstić information content (AvgIpc) is 3.51. The quantitative estimate of drug-likeness (QED) is 0.177. The van der Waals surface area contributed by atoms with Crippen molar-refractivity contribution in [2.75, 3.05) is 0 Å². The first-order chi connectivity index (χ1) is 28.0. The number of hydrogen-bond acceptors (Lipinski definition) is 4. The van der Waals surface area contributed by atoms with Crippen molar-refractivity contribution >= 4 is 10.8 Å². The van der Waals surface area contributed by atoms with Gasteiger partial charge < -0.3 is 9.47 Å². The Labute approximate surface area is 331 Å². The summed E-state index contributed by atoms with van der Waals surface area (Å²) in [7, 11) is 0. The Kier molecular flexibility index (Phi) is 7.48. The molecule has 11 rings (SSSR count). The van der Waals surface area contributed by atoms with E-state index in [9.17, 15) is 0 Å². The van der Waals surface area contributed by atoms with E-state index < -0.39 is 0 Å². The summed E-state index contributed by atoms with van der Waals surface area (Å²) in [5.41, 5.74) is 13.9. The first-order valence-electron chi connectivity index (χ1n) is 19.4. The van der Waals surface area contributed by atoms with Gasteiger partial charge in [0.05, 0.1) is 11.4 Å². The molecule has 0 saturated carbocycles. The normalized spacial score (nSPS) is 13.2. The van der Waals surface area contributed by atoms with Gasteiger partial charge in [-0.2, -0.15) is 0 Å². The molecule has 1 aliphatic carbocycles. The van der Waals surface area contributed by atoms with E-state index in [1.807, 2.05) is 18.2 Å². The van der Waals surface area contributed by atoms with Crippen LogP contribution in [0.25, 0.3) is 78.1 Å². The average molecular weight is 733 g/mol. The van der Waals surface area contributed by atoms with Crippen molar-refractivity contribution in [1.82, 2.24) is 9.97 Å². The van der Waals surface area contributed by atoms with Gasteiger partial charge in [-0.05, 0) is 86.1 Å². The molecule has 0 N–H and O–H groups in total. The van der Waals surface area contributed by atoms with E-state index in [-0.39, 0.29) is 5.41 Å². The smallest absolute Gasteiger partial charge is 0.178 e. The molecule has 0 amide bonds. The Balaban J connectivity index is 0.984. The fourth-order valence-electron chi connectivity index (χ4n) is 8.70. The van der Waals surface area contributed by atoms with Crippen LogP contribution in [0, 0.1) is 0 Å². The van der Waals surface area contributed by atoms with Crippen LogP contribution in [0.1, 0.15) is 25.0 Å². The number of rotatable bonds is 5. The molecule has 4 nitrogen and oxygen atoms in total. The number of nitrogens with zero attached hydrogens (tertiary/aromatic N) is 2. The second-order valence-corrected chi connectivity index (χ2v) is 15.3. The molecule has 2 heterocycles. The number of fused-ring (bicyclic) bond motifs is 7. The number of aromatic nitrogens is 2. The van der Waals surface area contributed by atoms with Crippen molar-refractivity contribution in [3.05, 3.63) is 193 Å². The maximum absolute atomic E-state index is 6.69. The topological polar surface area (TPSA) is 44.2 Å². The maximum Gasteiger partial charge on any atom is 0.178 e. The SMILES string of the molecule is CC1(C)c2ccccc2-c2c1ccc1c2Oc2ccc(-c3cccc(-c4cc(-c5ccccc5)nc(-c5ccc(-c6ccccc6)c6ccccc56)n4)c3)cc2O1. The van der Waals surface area contributed by atoms with Crippen molar-refractivity contribution < 1.29 is 9.47 Å². The van der Waals surface area contributed by atoms with Crippen molar-refractivity contribution in [2.45, 2.75) is 19.3 Å². The summed E-state index contributed by atoms with van der Waals surface area (Å²) < 4.78 is 13.3. The molecule has 0 fully saturated rings. The molecule has 4 heteroatoms. The molecule has 0 saturated heterocycles. The van der Waals surface area contributed by atoms with E-state index in [2.05, 4.69) is 178 Å². The van der Waals surface area contributed by atoms with E-state index in [1.165, 1.54) is 27.8 Å². The molecule has 0 bridgehead atoms. The van der Waals surface area contributed by atoms with E-state index in [1.54, 1.807) is 0 Å². The van der Waals surface area contributed by atoms with E-state index in [4.69, 9.17) is 19.4 Å². The molecule has 1 aromatic heterocycles. The molecule has 0 atom stereocenters. The zero-order chi connectivity index (χ0) is 38.1. The predicted molar refractivity (Wildman–Crippen MR) is 231 cm³/mol. The Morgan fingerprint density at radius 3 is 1.81 bits per heavy atom. The van der Waals surface area contributed by atoms with Crippen LogP contribution < -0.4 is 9.47 Å². The van der Waals surface area contributed by atoms with Crippen LogP contribution in [0.15, 0.2) is 182 Å². The van der Waals surface area contributed by atoms with Crippen LogP contribution in [0.3, 0.4) is 0 Å². The van der Waals surface area contributed by atoms with Gasteiger partial charge in [0.15, 0.2) is 28.8 Å². The lowest BCUT2D eigenvalue weighted by molar-refractivity contribution is 0.360. The summed E-state index contributed by atoms with van der Waals surface area (Å²) in [5, 5.41) is 2.28. The summed E-state index contributed by atoms with van der Waals surface area (Å²) in [6.07, 6.45) is 0. The minimum atomic E-state index is -0.119. The Hall–Kier alpha value is -7.30. The molecule has 1 aliphatic heterocycles. The van der Waals surface area contributed by atoms with Gasteiger partial charge in [-0.25, -0.2) is 9.97 Å². The standard InChI is InChI=1S/C53H36N2O2/c1-53(2)43-23-12-11-22-42(43)50-44(53)27-29-48-51(50)57-47-28-24-36(31-49(47)56-48)35-18-13-19-37(30-35)46-32-45(34-16-7-4-8-17-34)54-52(55-46)41-26-25-38(33-14-5-3-6-15-33)39-20-9-10-21-40(39)41/h3-32H,1-2H3. The first-order valence-corrected chi connectivity index (χ1v) is 19.4. The highest BCUT2D eigenvalue weighted by atomic mass is 16.6. The summed E-state index contributed by atoms with van der Waals surface area (Å²) in [5.74, 6) is 3.59. The van der Waals surface area contributed by atoms with Gasteiger partial charge in [-0.1, -0.05) is 159 Å². The Morgan fingerprint density at radius 2 is 1.00 bits per heavy atom. The zero-order valence-corrected chi connectivity index (χ0v) is 31.5. The van der Waals surface area contributed by atoms with E-state index in [0.29, 0.717) is 17.3 Å². The van der Waals surface area contributed by atoms with Crippen LogP contribution in [0.2, 0.25) is 0 Å². The van der Waals surface area contributed by atoms with Crippen LogP contribution in [0.5, 0.6) is 23.0 Å². The van der Waals surface area contributed by atoms with Gasteiger partial charge in [-0.3, -0.25) is 0 Å². The molecule has 9 aromatic rings. The van der Waals surface area contributed by atoms with Crippen molar-refractivity contribution in [3.63, 3.8) is 0 Å². The Bertz CT molecular complexity index is 3040. The largest absolute Gasteiger partial charge is 0.449 e. The van der Waals surface area contributed by atoms with Crippen molar-refractivity contribution in [1.29, 1.82) is 0 Å². The minimum Gasteiger partial charge on any atom is -0.449 e. The highest BCUT2D eigenvalue weighted by molar-refractivity contribution is 6.04. The molecule has 2 aliphatic rings. The number of benzene rings is 8. The summed E-state index contributed by atoms with van der Waals surface area (Å²) in [4.78, 5) is 10.5. The molecular weight excluding hydrogens is 697 g/mol. The summed E-state index contributed by atoms with van der Waals surface area (Å²) >= 11 is 0. The maximum atomic E-state index is 6.69. The van der Waals surface area contributed by atoms with Gasteiger partial charge in [0.2, 0.25) is 0 Å². The molecule has 0 radical (unpaired) electrons. The highest BCUT2D eigenvalue weighted by Gasteiger charge is 2.39. The lowest BCUT2D eigenvalue weighted by Crippen LogP contribution is -2.15. The second-order valence-electron chi connectivity index (χ2n) is 15.3. The van der Waals surface area contributed by atoms with Gasteiger partial charge in [0.1, 0.15) is 0 Å². The van der Waals surface area contributed by atoms with Crippen LogP contribution in [-0.4, -0.2) is 9.97 Å². The molecule has 270 valence electrons. The fourth-order valence-corrected chi connectivity index (χ4v) is 8.70. The minimum absolute atomic E-state index is 0.119. The molecule has 8 aromatic carbocycles. The highest BCUT2D eigenvalue weighted by Crippen LogP contribution is 2.58. The third-order valence-electron chi connectivity index (χ3n) is 11.6. The lowest BCUT2D eigenvalue weighted by atomic mass is 9.82. The monoisotopic (exact) mass is 732 g/mol. The van der Waals surface area contributed by atoms with E-state index in [0.717, 1.165) is 67.0 Å². The molecule has 57 heavy (non-hydrogen) atoms. The van der Waals surface area contributed by atoms with E-state index >= 15 is 0 Å². The third kappa shape index (κ3) is 5.44. The van der Waals surface area contributed by atoms with Gasteiger partial charge >= 0.3 is 0 Å². The third-order valence-corrected chi connectivity index (χ3v) is 11.6. The summed E-state index contributed by atoms with van der Waals surface area (Å²) in [6, 6.07) is 63.4. The lowest BCUT2D eigenvalue weighted by Gasteiger charge is -2.25. The molecular formula is C53H36N2O2. The summed E-state index contributed by atoms with van der Waals surface area (Å²) in [6.45, 7) is 4.55. The number of hydrogen-bond donors (Lipinski definition) is 0. The fraction of sp³-hybridized carbons (Fsp3) is 0.0566. The molecule has 0 spiro atoms. The van der Waals surface area contributed by atoms with Crippen molar-refractivity contribution in [3.8, 4) is 90.3 Å². The zero-order valence-electron chi connectivity index (χ0n) is 31.5. The molecule has 0 unspecified atom stereocenters. The number of ether oxygens (including phenoxy) is 2. The van der Waals surface area contributed by atoms with Gasteiger partial charge in [0, 0.05) is 27.7 Å².